The summed E-state index contributed by atoms with van der Waals surface area (Å²) in [4.78, 5) is 39.7. The van der Waals surface area contributed by atoms with Crippen molar-refractivity contribution in [3.63, 3.8) is 0 Å². The molecule has 0 spiro atoms. The molecule has 1 saturated heterocycles. The van der Waals surface area contributed by atoms with E-state index in [0.29, 0.717) is 29.9 Å². The molecule has 32 heavy (non-hydrogen) atoms. The van der Waals surface area contributed by atoms with Crippen LogP contribution >= 0.6 is 0 Å². The molecule has 2 N–H and O–H groups in total. The molecule has 170 valence electrons. The molecule has 0 radical (unpaired) electrons. The summed E-state index contributed by atoms with van der Waals surface area (Å²) in [6, 6.07) is 12.8. The maximum absolute atomic E-state index is 13.9. The first kappa shape index (κ1) is 23.2. The Morgan fingerprint density at radius 2 is 1.66 bits per heavy atom. The highest BCUT2D eigenvalue weighted by atomic mass is 19.1. The van der Waals surface area contributed by atoms with Crippen molar-refractivity contribution in [2.45, 2.75) is 6.42 Å². The smallest absolute Gasteiger partial charge is 0.337 e. The molecule has 1 aliphatic rings. The van der Waals surface area contributed by atoms with Crippen LogP contribution in [0.1, 0.15) is 16.8 Å². The number of hydrogen-bond acceptors (Lipinski definition) is 6. The van der Waals surface area contributed by atoms with Crippen LogP contribution in [0.4, 0.5) is 15.8 Å². The number of ether oxygens (including phenoxy) is 1. The molecule has 0 atom stereocenters. The molecule has 8 nitrogen and oxygen atoms in total. The first-order valence-corrected chi connectivity index (χ1v) is 10.5. The monoisotopic (exact) mass is 442 g/mol. The summed E-state index contributed by atoms with van der Waals surface area (Å²) in [6.07, 6.45) is 0.701. The molecular formula is C23H27FN4O4. The third kappa shape index (κ3) is 6.27. The standard InChI is InChI=1S/C23H27FN4O4/c1-32-23(31)17-7-9-18(10-8-17)26-22(30)21(29)25-11-4-12-27-13-15-28(16-14-27)20-6-3-2-5-19(20)24/h2-3,5-10H,4,11-16H2,1H3,(H,25,29)(H,26,30). The lowest BCUT2D eigenvalue weighted by Crippen LogP contribution is -2.47. The molecule has 0 aromatic heterocycles. The fourth-order valence-electron chi connectivity index (χ4n) is 3.50. The third-order valence-electron chi connectivity index (χ3n) is 5.27. The Kier molecular flexibility index (Phi) is 8.15. The Morgan fingerprint density at radius 3 is 2.31 bits per heavy atom. The summed E-state index contributed by atoms with van der Waals surface area (Å²) in [6.45, 7) is 4.26. The fraction of sp³-hybridized carbons (Fsp3) is 0.348. The van der Waals surface area contributed by atoms with Crippen LogP contribution < -0.4 is 15.5 Å². The Bertz CT molecular complexity index is 943. The van der Waals surface area contributed by atoms with Crippen LogP contribution in [0, 0.1) is 5.82 Å². The summed E-state index contributed by atoms with van der Waals surface area (Å²) >= 11 is 0. The van der Waals surface area contributed by atoms with Crippen molar-refractivity contribution in [2.24, 2.45) is 0 Å². The molecule has 9 heteroatoms. The topological polar surface area (TPSA) is 91.0 Å². The van der Waals surface area contributed by atoms with Crippen molar-refractivity contribution in [1.29, 1.82) is 0 Å². The van der Waals surface area contributed by atoms with E-state index >= 15 is 0 Å². The van der Waals surface area contributed by atoms with Gasteiger partial charge in [-0.05, 0) is 49.4 Å². The highest BCUT2D eigenvalue weighted by Crippen LogP contribution is 2.20. The summed E-state index contributed by atoms with van der Waals surface area (Å²) in [7, 11) is 1.29. The van der Waals surface area contributed by atoms with Crippen LogP contribution in [0.2, 0.25) is 0 Å². The van der Waals surface area contributed by atoms with Crippen molar-refractivity contribution in [3.8, 4) is 0 Å². The number of nitrogens with zero attached hydrogens (tertiary/aromatic N) is 2. The number of carbonyl (C=O) groups excluding carboxylic acids is 3. The van der Waals surface area contributed by atoms with Gasteiger partial charge in [-0.2, -0.15) is 0 Å². The molecule has 1 heterocycles. The van der Waals surface area contributed by atoms with Crippen molar-refractivity contribution in [2.75, 3.05) is 56.6 Å². The predicted octanol–water partition coefficient (Wildman–Crippen LogP) is 1.88. The molecule has 2 aromatic carbocycles. The number of benzene rings is 2. The molecule has 1 fully saturated rings. The number of rotatable bonds is 7. The number of para-hydroxylation sites is 1. The second kappa shape index (κ2) is 11.2. The van der Waals surface area contributed by atoms with E-state index in [1.807, 2.05) is 11.0 Å². The van der Waals surface area contributed by atoms with E-state index in [-0.39, 0.29) is 5.82 Å². The van der Waals surface area contributed by atoms with Gasteiger partial charge in [0.05, 0.1) is 18.4 Å². The Morgan fingerprint density at radius 1 is 0.969 bits per heavy atom. The van der Waals surface area contributed by atoms with Gasteiger partial charge in [0.15, 0.2) is 0 Å². The zero-order chi connectivity index (χ0) is 22.9. The average Bonchev–Trinajstić information content (AvgIpc) is 2.82. The SMILES string of the molecule is COC(=O)c1ccc(NC(=O)C(=O)NCCCN2CCN(c3ccccc3F)CC2)cc1. The van der Waals surface area contributed by atoms with Gasteiger partial charge in [0.2, 0.25) is 0 Å². The highest BCUT2D eigenvalue weighted by molar-refractivity contribution is 6.39. The largest absolute Gasteiger partial charge is 0.465 e. The summed E-state index contributed by atoms with van der Waals surface area (Å²) < 4.78 is 18.5. The van der Waals surface area contributed by atoms with Gasteiger partial charge in [0.25, 0.3) is 0 Å². The molecular weight excluding hydrogens is 415 g/mol. The number of nitrogens with one attached hydrogen (secondary N) is 2. The van der Waals surface area contributed by atoms with Crippen molar-refractivity contribution in [3.05, 3.63) is 59.9 Å². The highest BCUT2D eigenvalue weighted by Gasteiger charge is 2.19. The zero-order valence-electron chi connectivity index (χ0n) is 18.0. The second-order valence-corrected chi connectivity index (χ2v) is 7.41. The number of esters is 1. The lowest BCUT2D eigenvalue weighted by molar-refractivity contribution is -0.136. The van der Waals surface area contributed by atoms with Crippen LogP contribution in [-0.4, -0.2) is 69.1 Å². The fourth-order valence-corrected chi connectivity index (χ4v) is 3.50. The van der Waals surface area contributed by atoms with E-state index in [0.717, 1.165) is 32.7 Å². The van der Waals surface area contributed by atoms with Gasteiger partial charge in [-0.15, -0.1) is 0 Å². The molecule has 0 bridgehead atoms. The molecule has 2 aromatic rings. The predicted molar refractivity (Wildman–Crippen MR) is 119 cm³/mol. The number of halogens is 1. The number of hydrogen-bond donors (Lipinski definition) is 2. The molecule has 0 aliphatic carbocycles. The van der Waals surface area contributed by atoms with E-state index in [9.17, 15) is 18.8 Å². The van der Waals surface area contributed by atoms with Gasteiger partial charge in [0, 0.05) is 38.4 Å². The minimum Gasteiger partial charge on any atom is -0.465 e. The first-order valence-electron chi connectivity index (χ1n) is 10.5. The van der Waals surface area contributed by atoms with Crippen molar-refractivity contribution in [1.82, 2.24) is 10.2 Å². The Labute approximate surface area is 186 Å². The van der Waals surface area contributed by atoms with Crippen LogP contribution in [-0.2, 0) is 14.3 Å². The van der Waals surface area contributed by atoms with E-state index in [4.69, 9.17) is 0 Å². The molecule has 0 unspecified atom stereocenters. The molecule has 1 aliphatic heterocycles. The van der Waals surface area contributed by atoms with Gasteiger partial charge < -0.3 is 20.3 Å². The third-order valence-corrected chi connectivity index (χ3v) is 5.27. The van der Waals surface area contributed by atoms with Crippen LogP contribution in [0.25, 0.3) is 0 Å². The minimum absolute atomic E-state index is 0.207. The maximum Gasteiger partial charge on any atom is 0.337 e. The van der Waals surface area contributed by atoms with E-state index in [1.165, 1.54) is 37.4 Å². The number of anilines is 2. The number of piperazine rings is 1. The second-order valence-electron chi connectivity index (χ2n) is 7.41. The van der Waals surface area contributed by atoms with E-state index in [2.05, 4.69) is 20.3 Å². The summed E-state index contributed by atoms with van der Waals surface area (Å²) in [5, 5.41) is 5.10. The molecule has 0 saturated carbocycles. The van der Waals surface area contributed by atoms with E-state index < -0.39 is 17.8 Å². The summed E-state index contributed by atoms with van der Waals surface area (Å²) in [5.74, 6) is -2.17. The van der Waals surface area contributed by atoms with Gasteiger partial charge in [-0.3, -0.25) is 14.5 Å². The number of methoxy groups -OCH3 is 1. The lowest BCUT2D eigenvalue weighted by Gasteiger charge is -2.36. The van der Waals surface area contributed by atoms with Crippen LogP contribution in [0.3, 0.4) is 0 Å². The van der Waals surface area contributed by atoms with Gasteiger partial charge in [-0.1, -0.05) is 12.1 Å². The molecule has 2 amide bonds. The van der Waals surface area contributed by atoms with Crippen molar-refractivity contribution >= 4 is 29.2 Å². The Balaban J connectivity index is 1.33. The summed E-state index contributed by atoms with van der Waals surface area (Å²) in [5.41, 5.74) is 1.39. The lowest BCUT2D eigenvalue weighted by atomic mass is 10.2. The number of amides is 2. The van der Waals surface area contributed by atoms with Crippen molar-refractivity contribution < 1.29 is 23.5 Å². The Hall–Kier alpha value is -3.46. The average molecular weight is 442 g/mol. The maximum atomic E-state index is 13.9. The van der Waals surface area contributed by atoms with E-state index in [1.54, 1.807) is 12.1 Å². The van der Waals surface area contributed by atoms with Gasteiger partial charge >= 0.3 is 17.8 Å². The normalized spacial score (nSPS) is 14.0. The quantitative estimate of drug-likeness (QED) is 0.387. The van der Waals surface area contributed by atoms with Gasteiger partial charge in [0.1, 0.15) is 5.82 Å². The first-order chi connectivity index (χ1) is 15.5. The van der Waals surface area contributed by atoms with Crippen LogP contribution in [0.5, 0.6) is 0 Å². The zero-order valence-corrected chi connectivity index (χ0v) is 18.0. The molecule has 3 rings (SSSR count). The number of carbonyl (C=O) groups is 3. The van der Waals surface area contributed by atoms with Gasteiger partial charge in [-0.25, -0.2) is 9.18 Å². The minimum atomic E-state index is -0.769. The van der Waals surface area contributed by atoms with Crippen LogP contribution in [0.15, 0.2) is 48.5 Å².